The largest absolute Gasteiger partial charge is 0.334 e. The van der Waals surface area contributed by atoms with Gasteiger partial charge in [0.2, 0.25) is 10.0 Å². The SMILES string of the molecule is CCCCS(=O)(=O)NCc1noc(-c2ccccc2C)n1. The molecule has 114 valence electrons. The zero-order chi connectivity index (χ0) is 15.3. The van der Waals surface area contributed by atoms with Gasteiger partial charge in [-0.15, -0.1) is 0 Å². The van der Waals surface area contributed by atoms with Gasteiger partial charge in [-0.2, -0.15) is 4.98 Å². The standard InChI is InChI=1S/C14H19N3O3S/c1-3-4-9-21(18,19)15-10-13-16-14(20-17-13)12-8-6-5-7-11(12)2/h5-8,15H,3-4,9-10H2,1-2H3. The number of aromatic nitrogens is 2. The first kappa shape index (κ1) is 15.7. The second-order valence-corrected chi connectivity index (χ2v) is 6.75. The van der Waals surface area contributed by atoms with E-state index in [1.165, 1.54) is 0 Å². The monoisotopic (exact) mass is 309 g/mol. The van der Waals surface area contributed by atoms with E-state index in [-0.39, 0.29) is 12.3 Å². The third kappa shape index (κ3) is 4.37. The van der Waals surface area contributed by atoms with Crippen molar-refractivity contribution >= 4 is 10.0 Å². The summed E-state index contributed by atoms with van der Waals surface area (Å²) < 4.78 is 31.1. The van der Waals surface area contributed by atoms with Crippen LogP contribution in [0.5, 0.6) is 0 Å². The molecule has 0 atom stereocenters. The van der Waals surface area contributed by atoms with Gasteiger partial charge in [0.25, 0.3) is 5.89 Å². The molecule has 6 nitrogen and oxygen atoms in total. The Balaban J connectivity index is 2.03. The zero-order valence-electron chi connectivity index (χ0n) is 12.2. The highest BCUT2D eigenvalue weighted by molar-refractivity contribution is 7.89. The fourth-order valence-corrected chi connectivity index (χ4v) is 2.99. The van der Waals surface area contributed by atoms with Crippen LogP contribution in [0.4, 0.5) is 0 Å². The molecule has 0 amide bonds. The highest BCUT2D eigenvalue weighted by Crippen LogP contribution is 2.20. The fourth-order valence-electron chi connectivity index (χ4n) is 1.83. The summed E-state index contributed by atoms with van der Waals surface area (Å²) in [6.07, 6.45) is 1.47. The van der Waals surface area contributed by atoms with E-state index in [2.05, 4.69) is 14.9 Å². The molecule has 0 fully saturated rings. The van der Waals surface area contributed by atoms with Crippen LogP contribution in [0.1, 0.15) is 31.2 Å². The van der Waals surface area contributed by atoms with Gasteiger partial charge in [0.1, 0.15) is 0 Å². The minimum Gasteiger partial charge on any atom is -0.334 e. The van der Waals surface area contributed by atoms with Crippen LogP contribution in [0.2, 0.25) is 0 Å². The lowest BCUT2D eigenvalue weighted by Gasteiger charge is -2.02. The van der Waals surface area contributed by atoms with Crippen LogP contribution >= 0.6 is 0 Å². The lowest BCUT2D eigenvalue weighted by Crippen LogP contribution is -2.26. The van der Waals surface area contributed by atoms with Crippen LogP contribution < -0.4 is 4.72 Å². The van der Waals surface area contributed by atoms with Crippen molar-refractivity contribution in [2.75, 3.05) is 5.75 Å². The Kier molecular flexibility index (Phi) is 5.08. The highest BCUT2D eigenvalue weighted by atomic mass is 32.2. The van der Waals surface area contributed by atoms with Crippen LogP contribution in [0.25, 0.3) is 11.5 Å². The molecule has 2 aromatic rings. The Labute approximate surface area is 124 Å². The number of nitrogens with zero attached hydrogens (tertiary/aromatic N) is 2. The first-order valence-corrected chi connectivity index (χ1v) is 8.53. The van der Waals surface area contributed by atoms with Crippen molar-refractivity contribution in [3.63, 3.8) is 0 Å². The Bertz CT molecular complexity index is 695. The van der Waals surface area contributed by atoms with Crippen molar-refractivity contribution in [1.82, 2.24) is 14.9 Å². The lowest BCUT2D eigenvalue weighted by atomic mass is 10.1. The van der Waals surface area contributed by atoms with Crippen molar-refractivity contribution in [2.45, 2.75) is 33.2 Å². The second-order valence-electron chi connectivity index (χ2n) is 4.82. The van der Waals surface area contributed by atoms with E-state index >= 15 is 0 Å². The summed E-state index contributed by atoms with van der Waals surface area (Å²) in [7, 11) is -3.28. The quantitative estimate of drug-likeness (QED) is 0.848. The number of aryl methyl sites for hydroxylation is 1. The predicted octanol–water partition coefficient (Wildman–Crippen LogP) is 2.26. The van der Waals surface area contributed by atoms with E-state index in [9.17, 15) is 8.42 Å². The Morgan fingerprint density at radius 2 is 2.05 bits per heavy atom. The van der Waals surface area contributed by atoms with E-state index in [4.69, 9.17) is 4.52 Å². The van der Waals surface area contributed by atoms with Gasteiger partial charge >= 0.3 is 0 Å². The third-order valence-corrected chi connectivity index (χ3v) is 4.47. The van der Waals surface area contributed by atoms with Crippen LogP contribution in [-0.4, -0.2) is 24.3 Å². The molecular formula is C14H19N3O3S. The van der Waals surface area contributed by atoms with E-state index in [0.717, 1.165) is 17.5 Å². The molecule has 0 aliphatic rings. The van der Waals surface area contributed by atoms with Gasteiger partial charge in [-0.25, -0.2) is 13.1 Å². The van der Waals surface area contributed by atoms with Crippen molar-refractivity contribution in [3.05, 3.63) is 35.7 Å². The number of hydrogen-bond donors (Lipinski definition) is 1. The number of rotatable bonds is 7. The molecule has 0 saturated heterocycles. The predicted molar refractivity (Wildman–Crippen MR) is 80.0 cm³/mol. The number of nitrogens with one attached hydrogen (secondary N) is 1. The van der Waals surface area contributed by atoms with Crippen molar-refractivity contribution in [3.8, 4) is 11.5 Å². The highest BCUT2D eigenvalue weighted by Gasteiger charge is 2.14. The minimum absolute atomic E-state index is 0.0431. The van der Waals surface area contributed by atoms with Crippen molar-refractivity contribution < 1.29 is 12.9 Å². The molecule has 1 aromatic carbocycles. The zero-order valence-corrected chi connectivity index (χ0v) is 13.0. The van der Waals surface area contributed by atoms with E-state index < -0.39 is 10.0 Å². The molecule has 0 saturated carbocycles. The van der Waals surface area contributed by atoms with Crippen LogP contribution in [0, 0.1) is 6.92 Å². The van der Waals surface area contributed by atoms with Gasteiger partial charge in [0.15, 0.2) is 5.82 Å². The van der Waals surface area contributed by atoms with Crippen LogP contribution in [-0.2, 0) is 16.6 Å². The molecule has 21 heavy (non-hydrogen) atoms. The maximum atomic E-state index is 11.7. The molecule has 1 heterocycles. The lowest BCUT2D eigenvalue weighted by molar-refractivity contribution is 0.421. The van der Waals surface area contributed by atoms with Gasteiger partial charge in [0, 0.05) is 5.56 Å². The average molecular weight is 309 g/mol. The van der Waals surface area contributed by atoms with Gasteiger partial charge in [-0.1, -0.05) is 36.7 Å². The summed E-state index contributed by atoms with van der Waals surface area (Å²) in [6.45, 7) is 3.94. The number of sulfonamides is 1. The maximum Gasteiger partial charge on any atom is 0.258 e. The molecule has 0 bridgehead atoms. The number of unbranched alkanes of at least 4 members (excludes halogenated alkanes) is 1. The van der Waals surface area contributed by atoms with Crippen molar-refractivity contribution in [1.29, 1.82) is 0 Å². The Morgan fingerprint density at radius 3 is 2.76 bits per heavy atom. The molecule has 0 aliphatic carbocycles. The summed E-state index contributed by atoms with van der Waals surface area (Å²) in [5.41, 5.74) is 1.88. The topological polar surface area (TPSA) is 85.1 Å². The van der Waals surface area contributed by atoms with Crippen LogP contribution in [0.15, 0.2) is 28.8 Å². The third-order valence-electron chi connectivity index (χ3n) is 3.06. The molecule has 0 aliphatic heterocycles. The summed E-state index contributed by atoms with van der Waals surface area (Å²) >= 11 is 0. The first-order valence-electron chi connectivity index (χ1n) is 6.88. The summed E-state index contributed by atoms with van der Waals surface area (Å²) in [6, 6.07) is 7.66. The van der Waals surface area contributed by atoms with Gasteiger partial charge in [-0.05, 0) is 25.0 Å². The van der Waals surface area contributed by atoms with E-state index in [1.54, 1.807) is 0 Å². The minimum atomic E-state index is -3.28. The smallest absolute Gasteiger partial charge is 0.258 e. The summed E-state index contributed by atoms with van der Waals surface area (Å²) in [4.78, 5) is 4.22. The normalized spacial score (nSPS) is 11.7. The molecule has 0 radical (unpaired) electrons. The molecule has 2 rings (SSSR count). The van der Waals surface area contributed by atoms with Crippen molar-refractivity contribution in [2.24, 2.45) is 0 Å². The summed E-state index contributed by atoms with van der Waals surface area (Å²) in [5, 5.41) is 3.80. The second kappa shape index (κ2) is 6.82. The van der Waals surface area contributed by atoms with Gasteiger partial charge in [0.05, 0.1) is 12.3 Å². The number of benzene rings is 1. The molecule has 0 spiro atoms. The maximum absolute atomic E-state index is 11.7. The molecular weight excluding hydrogens is 290 g/mol. The molecule has 1 aromatic heterocycles. The molecule has 1 N–H and O–H groups in total. The summed E-state index contributed by atoms with van der Waals surface area (Å²) in [5.74, 6) is 0.843. The molecule has 0 unspecified atom stereocenters. The van der Waals surface area contributed by atoms with Gasteiger partial charge in [-0.3, -0.25) is 0 Å². The van der Waals surface area contributed by atoms with Gasteiger partial charge < -0.3 is 4.52 Å². The average Bonchev–Trinajstić information content (AvgIpc) is 2.92. The molecule has 7 heteroatoms. The number of hydrogen-bond acceptors (Lipinski definition) is 5. The Morgan fingerprint density at radius 1 is 1.29 bits per heavy atom. The Hall–Kier alpha value is -1.73. The van der Waals surface area contributed by atoms with Crippen LogP contribution in [0.3, 0.4) is 0 Å². The fraction of sp³-hybridized carbons (Fsp3) is 0.429. The first-order chi connectivity index (χ1) is 10.0. The van der Waals surface area contributed by atoms with E-state index in [0.29, 0.717) is 18.1 Å². The van der Waals surface area contributed by atoms with E-state index in [1.807, 2.05) is 38.1 Å².